The Hall–Kier alpha value is -0.980. The lowest BCUT2D eigenvalue weighted by atomic mass is 9.91. The van der Waals surface area contributed by atoms with E-state index in [4.69, 9.17) is 5.73 Å². The lowest BCUT2D eigenvalue weighted by Crippen LogP contribution is -2.44. The fourth-order valence-electron chi connectivity index (χ4n) is 1.95. The van der Waals surface area contributed by atoms with Gasteiger partial charge in [0, 0.05) is 6.54 Å². The standard InChI is InChI=1S/C11H17N3O2/c1-11(9(15)13-10(16)14-11)8-4-2-7(6-12)3-5-8/h2-5,9-10,13-16H,6,12H2,1H3. The van der Waals surface area contributed by atoms with Gasteiger partial charge in [-0.1, -0.05) is 24.3 Å². The number of hydrogen-bond donors (Lipinski definition) is 5. The molecule has 0 aliphatic carbocycles. The minimum Gasteiger partial charge on any atom is -0.376 e. The van der Waals surface area contributed by atoms with Crippen LogP contribution in [0.1, 0.15) is 18.1 Å². The number of aliphatic hydroxyl groups excluding tert-OH is 2. The van der Waals surface area contributed by atoms with Gasteiger partial charge in [0.25, 0.3) is 0 Å². The lowest BCUT2D eigenvalue weighted by Gasteiger charge is -2.28. The van der Waals surface area contributed by atoms with Gasteiger partial charge in [-0.25, -0.2) is 0 Å². The van der Waals surface area contributed by atoms with Gasteiger partial charge in [-0.2, -0.15) is 0 Å². The third-order valence-corrected chi connectivity index (χ3v) is 3.09. The van der Waals surface area contributed by atoms with Crippen molar-refractivity contribution in [2.75, 3.05) is 0 Å². The molecule has 0 saturated carbocycles. The van der Waals surface area contributed by atoms with Gasteiger partial charge in [-0.15, -0.1) is 0 Å². The van der Waals surface area contributed by atoms with Crippen molar-refractivity contribution in [2.24, 2.45) is 5.73 Å². The van der Waals surface area contributed by atoms with Gasteiger partial charge in [0.05, 0.1) is 5.54 Å². The van der Waals surface area contributed by atoms with Crippen LogP contribution in [0.15, 0.2) is 24.3 Å². The van der Waals surface area contributed by atoms with Crippen LogP contribution in [0.4, 0.5) is 0 Å². The zero-order valence-electron chi connectivity index (χ0n) is 9.14. The molecule has 6 N–H and O–H groups in total. The van der Waals surface area contributed by atoms with Crippen molar-refractivity contribution in [1.29, 1.82) is 0 Å². The van der Waals surface area contributed by atoms with Crippen LogP contribution in [0.5, 0.6) is 0 Å². The molecule has 16 heavy (non-hydrogen) atoms. The predicted molar refractivity (Wildman–Crippen MR) is 60.0 cm³/mol. The Bertz CT molecular complexity index is 368. The molecular weight excluding hydrogens is 206 g/mol. The van der Waals surface area contributed by atoms with Crippen molar-refractivity contribution < 1.29 is 10.2 Å². The number of nitrogens with one attached hydrogen (secondary N) is 2. The molecule has 1 saturated heterocycles. The Kier molecular flexibility index (Phi) is 2.96. The monoisotopic (exact) mass is 223 g/mol. The summed E-state index contributed by atoms with van der Waals surface area (Å²) in [4.78, 5) is 0. The quantitative estimate of drug-likeness (QED) is 0.450. The van der Waals surface area contributed by atoms with Crippen LogP contribution in [-0.2, 0) is 12.1 Å². The first-order valence-corrected chi connectivity index (χ1v) is 5.25. The molecule has 3 atom stereocenters. The normalized spacial score (nSPS) is 34.2. The molecule has 1 aromatic carbocycles. The molecule has 0 radical (unpaired) electrons. The van der Waals surface area contributed by atoms with E-state index >= 15 is 0 Å². The summed E-state index contributed by atoms with van der Waals surface area (Å²) in [5.41, 5.74) is 6.77. The van der Waals surface area contributed by atoms with E-state index in [0.717, 1.165) is 11.1 Å². The Labute approximate surface area is 94.3 Å². The smallest absolute Gasteiger partial charge is 0.163 e. The molecule has 3 unspecified atom stereocenters. The first-order valence-electron chi connectivity index (χ1n) is 5.25. The van der Waals surface area contributed by atoms with E-state index < -0.39 is 18.1 Å². The highest BCUT2D eigenvalue weighted by Gasteiger charge is 2.42. The molecule has 1 aliphatic rings. The van der Waals surface area contributed by atoms with Crippen molar-refractivity contribution in [3.05, 3.63) is 35.4 Å². The van der Waals surface area contributed by atoms with Crippen LogP contribution in [0.3, 0.4) is 0 Å². The molecule has 1 aliphatic heterocycles. The summed E-state index contributed by atoms with van der Waals surface area (Å²) >= 11 is 0. The van der Waals surface area contributed by atoms with E-state index in [1.807, 2.05) is 31.2 Å². The first-order chi connectivity index (χ1) is 7.56. The van der Waals surface area contributed by atoms with Crippen LogP contribution < -0.4 is 16.4 Å². The number of aliphatic hydroxyl groups is 2. The van der Waals surface area contributed by atoms with E-state index in [2.05, 4.69) is 10.6 Å². The van der Waals surface area contributed by atoms with Gasteiger partial charge in [-0.05, 0) is 18.1 Å². The zero-order chi connectivity index (χ0) is 11.8. The number of nitrogens with two attached hydrogens (primary N) is 1. The summed E-state index contributed by atoms with van der Waals surface area (Å²) in [6, 6.07) is 7.63. The number of rotatable bonds is 2. The van der Waals surface area contributed by atoms with Crippen LogP contribution in [0.2, 0.25) is 0 Å². The lowest BCUT2D eigenvalue weighted by molar-refractivity contribution is 0.0772. The minimum absolute atomic E-state index is 0.494. The highest BCUT2D eigenvalue weighted by Crippen LogP contribution is 2.27. The molecule has 5 nitrogen and oxygen atoms in total. The Morgan fingerprint density at radius 1 is 1.31 bits per heavy atom. The summed E-state index contributed by atoms with van der Waals surface area (Å²) in [5, 5.41) is 24.7. The van der Waals surface area contributed by atoms with Gasteiger partial charge in [0.1, 0.15) is 6.23 Å². The van der Waals surface area contributed by atoms with E-state index in [1.54, 1.807) is 0 Å². The molecular formula is C11H17N3O2. The molecule has 0 aromatic heterocycles. The molecule has 5 heteroatoms. The molecule has 2 rings (SSSR count). The molecule has 88 valence electrons. The highest BCUT2D eigenvalue weighted by atomic mass is 16.3. The molecule has 1 aromatic rings. The molecule has 0 bridgehead atoms. The van der Waals surface area contributed by atoms with Crippen LogP contribution in [-0.4, -0.2) is 22.8 Å². The van der Waals surface area contributed by atoms with Crippen molar-refractivity contribution in [3.63, 3.8) is 0 Å². The average Bonchev–Trinajstić information content (AvgIpc) is 2.54. The fraction of sp³-hybridized carbons (Fsp3) is 0.455. The summed E-state index contributed by atoms with van der Waals surface area (Å²) < 4.78 is 0. The van der Waals surface area contributed by atoms with Crippen molar-refractivity contribution in [2.45, 2.75) is 31.6 Å². The SMILES string of the molecule is CC1(c2ccc(CN)cc2)NC(O)NC1O. The summed E-state index contributed by atoms with van der Waals surface area (Å²) in [7, 11) is 0. The second-order valence-corrected chi connectivity index (χ2v) is 4.22. The second kappa shape index (κ2) is 4.12. The largest absolute Gasteiger partial charge is 0.376 e. The Morgan fingerprint density at radius 2 is 1.94 bits per heavy atom. The van der Waals surface area contributed by atoms with Crippen molar-refractivity contribution in [1.82, 2.24) is 10.6 Å². The minimum atomic E-state index is -0.894. The maximum Gasteiger partial charge on any atom is 0.163 e. The molecule has 1 heterocycles. The van der Waals surface area contributed by atoms with Crippen LogP contribution in [0, 0.1) is 0 Å². The number of benzene rings is 1. The highest BCUT2D eigenvalue weighted by molar-refractivity contribution is 5.30. The van der Waals surface area contributed by atoms with E-state index in [9.17, 15) is 10.2 Å². The predicted octanol–water partition coefficient (Wildman–Crippen LogP) is -0.852. The second-order valence-electron chi connectivity index (χ2n) is 4.22. The maximum absolute atomic E-state index is 9.84. The summed E-state index contributed by atoms with van der Waals surface area (Å²) in [5.74, 6) is 0. The summed E-state index contributed by atoms with van der Waals surface area (Å²) in [6.07, 6.45) is -1.72. The van der Waals surface area contributed by atoms with Gasteiger partial charge < -0.3 is 15.9 Å². The van der Waals surface area contributed by atoms with Gasteiger partial charge in [-0.3, -0.25) is 10.6 Å². The Morgan fingerprint density at radius 3 is 2.38 bits per heavy atom. The first kappa shape index (κ1) is 11.5. The van der Waals surface area contributed by atoms with E-state index in [-0.39, 0.29) is 0 Å². The number of hydrogen-bond acceptors (Lipinski definition) is 5. The van der Waals surface area contributed by atoms with Gasteiger partial charge >= 0.3 is 0 Å². The molecule has 0 spiro atoms. The topological polar surface area (TPSA) is 90.5 Å². The van der Waals surface area contributed by atoms with Crippen LogP contribution in [0.25, 0.3) is 0 Å². The average molecular weight is 223 g/mol. The van der Waals surface area contributed by atoms with E-state index in [1.165, 1.54) is 0 Å². The maximum atomic E-state index is 9.84. The van der Waals surface area contributed by atoms with Gasteiger partial charge in [0.15, 0.2) is 6.35 Å². The van der Waals surface area contributed by atoms with Crippen molar-refractivity contribution in [3.8, 4) is 0 Å². The van der Waals surface area contributed by atoms with Crippen LogP contribution >= 0.6 is 0 Å². The third-order valence-electron chi connectivity index (χ3n) is 3.09. The van der Waals surface area contributed by atoms with Gasteiger partial charge in [0.2, 0.25) is 0 Å². The summed E-state index contributed by atoms with van der Waals surface area (Å²) in [6.45, 7) is 2.33. The fourth-order valence-corrected chi connectivity index (χ4v) is 1.95. The molecule has 0 amide bonds. The van der Waals surface area contributed by atoms with E-state index in [0.29, 0.717) is 6.54 Å². The molecule has 1 fully saturated rings. The zero-order valence-corrected chi connectivity index (χ0v) is 9.14. The Balaban J connectivity index is 2.28. The third kappa shape index (κ3) is 1.83. The van der Waals surface area contributed by atoms with Crippen molar-refractivity contribution >= 4 is 0 Å².